The maximum absolute atomic E-state index is 12.1. The number of carbonyl (C=O) groups is 4. The Balaban J connectivity index is 1.75. The van der Waals surface area contributed by atoms with Crippen molar-refractivity contribution in [2.75, 3.05) is 0 Å². The van der Waals surface area contributed by atoms with Crippen LogP contribution < -0.4 is 18.9 Å². The molecule has 0 aromatic heterocycles. The van der Waals surface area contributed by atoms with Gasteiger partial charge in [0.25, 0.3) is 0 Å². The molecule has 1 aliphatic rings. The first-order chi connectivity index (χ1) is 14.5. The minimum Gasteiger partial charge on any atom is -0.423 e. The van der Waals surface area contributed by atoms with Gasteiger partial charge in [-0.2, -0.15) is 0 Å². The van der Waals surface area contributed by atoms with Crippen molar-refractivity contribution in [2.24, 2.45) is 0 Å². The zero-order chi connectivity index (χ0) is 21.3. The highest BCUT2D eigenvalue weighted by Crippen LogP contribution is 2.29. The van der Waals surface area contributed by atoms with Gasteiger partial charge >= 0.3 is 23.9 Å². The molecule has 1 aliphatic heterocycles. The summed E-state index contributed by atoms with van der Waals surface area (Å²) in [5.41, 5.74) is 0. The zero-order valence-electron chi connectivity index (χ0n) is 16.1. The Morgan fingerprint density at radius 3 is 0.900 bits per heavy atom. The fourth-order valence-corrected chi connectivity index (χ4v) is 2.69. The third-order valence-electron chi connectivity index (χ3n) is 4.12. The molecule has 30 heavy (non-hydrogen) atoms. The van der Waals surface area contributed by atoms with E-state index in [4.69, 9.17) is 18.9 Å². The van der Waals surface area contributed by atoms with Crippen LogP contribution in [0.1, 0.15) is 38.5 Å². The second-order valence-electron chi connectivity index (χ2n) is 6.50. The summed E-state index contributed by atoms with van der Waals surface area (Å²) < 4.78 is 21.0. The Morgan fingerprint density at radius 1 is 0.433 bits per heavy atom. The topological polar surface area (TPSA) is 105 Å². The molecule has 8 nitrogen and oxygen atoms in total. The number of benzene rings is 2. The van der Waals surface area contributed by atoms with Gasteiger partial charge in [0.05, 0.1) is 0 Å². The molecule has 156 valence electrons. The van der Waals surface area contributed by atoms with E-state index >= 15 is 0 Å². The van der Waals surface area contributed by atoms with Crippen molar-refractivity contribution < 1.29 is 38.1 Å². The van der Waals surface area contributed by atoms with Crippen LogP contribution in [0.2, 0.25) is 0 Å². The normalized spacial score (nSPS) is 16.5. The lowest BCUT2D eigenvalue weighted by atomic mass is 10.2. The average Bonchev–Trinajstić information content (AvgIpc) is 2.70. The van der Waals surface area contributed by atoms with Gasteiger partial charge in [-0.3, -0.25) is 19.2 Å². The number of hydrogen-bond donors (Lipinski definition) is 0. The predicted molar refractivity (Wildman–Crippen MR) is 103 cm³/mol. The monoisotopic (exact) mass is 412 g/mol. The average molecular weight is 412 g/mol. The number of hydrogen-bond acceptors (Lipinski definition) is 8. The third-order valence-corrected chi connectivity index (χ3v) is 4.12. The number of ether oxygens (including phenoxy) is 4. The van der Waals surface area contributed by atoms with Crippen LogP contribution in [0.5, 0.6) is 23.0 Å². The molecule has 8 heteroatoms. The molecule has 0 bridgehead atoms. The quantitative estimate of drug-likeness (QED) is 0.479. The first-order valence-corrected chi connectivity index (χ1v) is 9.52. The summed E-state index contributed by atoms with van der Waals surface area (Å²) in [7, 11) is 0. The number of rotatable bonds is 0. The first kappa shape index (κ1) is 21.0. The molecule has 0 N–H and O–H groups in total. The fraction of sp³-hybridized carbons (Fsp3) is 0.273. The van der Waals surface area contributed by atoms with E-state index in [1.165, 1.54) is 24.3 Å². The Hall–Kier alpha value is -3.68. The van der Waals surface area contributed by atoms with Crippen molar-refractivity contribution in [3.8, 4) is 23.0 Å². The summed E-state index contributed by atoms with van der Waals surface area (Å²) in [4.78, 5) is 48.4. The van der Waals surface area contributed by atoms with Crippen LogP contribution in [-0.2, 0) is 19.2 Å². The molecule has 0 fully saturated rings. The van der Waals surface area contributed by atoms with E-state index in [2.05, 4.69) is 0 Å². The van der Waals surface area contributed by atoms with E-state index in [9.17, 15) is 19.2 Å². The van der Waals surface area contributed by atoms with E-state index in [1.54, 1.807) is 24.3 Å². The highest BCUT2D eigenvalue weighted by Gasteiger charge is 2.17. The van der Waals surface area contributed by atoms with E-state index < -0.39 is 23.9 Å². The number of para-hydroxylation sites is 4. The second kappa shape index (κ2) is 10.2. The molecule has 0 spiro atoms. The van der Waals surface area contributed by atoms with E-state index in [1.807, 2.05) is 0 Å². The van der Waals surface area contributed by atoms with Crippen LogP contribution in [-0.4, -0.2) is 23.9 Å². The van der Waals surface area contributed by atoms with Gasteiger partial charge in [0.15, 0.2) is 23.0 Å². The maximum atomic E-state index is 12.1. The molecule has 0 radical (unpaired) electrons. The summed E-state index contributed by atoms with van der Waals surface area (Å²) in [5, 5.41) is 0. The highest BCUT2D eigenvalue weighted by molar-refractivity contribution is 5.79. The largest absolute Gasteiger partial charge is 0.423 e. The van der Waals surface area contributed by atoms with E-state index in [0.29, 0.717) is 0 Å². The minimum absolute atomic E-state index is 0.0337. The Labute approximate surface area is 172 Å². The van der Waals surface area contributed by atoms with E-state index in [-0.39, 0.29) is 61.5 Å². The Morgan fingerprint density at radius 2 is 0.667 bits per heavy atom. The summed E-state index contributed by atoms with van der Waals surface area (Å²) in [6.07, 6.45) is 0.257. The lowest BCUT2D eigenvalue weighted by Gasteiger charge is -2.12. The number of carbonyl (C=O) groups excluding carboxylic acids is 4. The molecule has 0 saturated heterocycles. The fourth-order valence-electron chi connectivity index (χ4n) is 2.69. The molecule has 0 unspecified atom stereocenters. The van der Waals surface area contributed by atoms with Gasteiger partial charge in [0.1, 0.15) is 0 Å². The summed E-state index contributed by atoms with van der Waals surface area (Å²) in [6, 6.07) is 12.5. The van der Waals surface area contributed by atoms with Crippen molar-refractivity contribution in [1.29, 1.82) is 0 Å². The lowest BCUT2D eigenvalue weighted by molar-refractivity contribution is -0.139. The summed E-state index contributed by atoms with van der Waals surface area (Å²) in [5.74, 6) is -1.85. The second-order valence-corrected chi connectivity index (χ2v) is 6.50. The standard InChI is InChI=1S/C22H20O8/c23-19-11-5-13-21(25)29-17-9-3-4-10-18(17)30-22(26)14-6-12-20(24)28-16-8-2-1-7-15(16)27-19/h1-4,7-10H,5-6,11-14H2. The predicted octanol–water partition coefficient (Wildman–Crippen LogP) is 3.36. The van der Waals surface area contributed by atoms with Crippen molar-refractivity contribution in [1.82, 2.24) is 0 Å². The van der Waals surface area contributed by atoms with Gasteiger partial charge in [0, 0.05) is 25.7 Å². The van der Waals surface area contributed by atoms with Gasteiger partial charge in [-0.05, 0) is 37.1 Å². The highest BCUT2D eigenvalue weighted by atomic mass is 16.6. The van der Waals surface area contributed by atoms with Crippen molar-refractivity contribution >= 4 is 23.9 Å². The Bertz CT molecular complexity index is 798. The molecular formula is C22H20O8. The molecule has 2 aromatic carbocycles. The van der Waals surface area contributed by atoms with Gasteiger partial charge in [-0.15, -0.1) is 0 Å². The summed E-state index contributed by atoms with van der Waals surface area (Å²) >= 11 is 0. The molecule has 3 rings (SSSR count). The molecule has 1 heterocycles. The van der Waals surface area contributed by atoms with Crippen molar-refractivity contribution in [2.45, 2.75) is 38.5 Å². The van der Waals surface area contributed by atoms with Crippen LogP contribution in [0, 0.1) is 0 Å². The zero-order valence-corrected chi connectivity index (χ0v) is 16.1. The smallest absolute Gasteiger partial charge is 0.311 e. The molecule has 0 saturated carbocycles. The first-order valence-electron chi connectivity index (χ1n) is 9.52. The SMILES string of the molecule is O=C1CCCC(=O)Oc2ccccc2OC(=O)CCCC(=O)Oc2ccccc2O1. The lowest BCUT2D eigenvalue weighted by Crippen LogP contribution is -2.15. The van der Waals surface area contributed by atoms with Gasteiger partial charge in [0.2, 0.25) is 0 Å². The number of fused-ring (bicyclic) bond motifs is 2. The van der Waals surface area contributed by atoms with Gasteiger partial charge in [-0.25, -0.2) is 0 Å². The minimum atomic E-state index is -0.568. The van der Waals surface area contributed by atoms with E-state index in [0.717, 1.165) is 0 Å². The summed E-state index contributed by atoms with van der Waals surface area (Å²) in [6.45, 7) is 0. The maximum Gasteiger partial charge on any atom is 0.311 e. The molecule has 0 atom stereocenters. The Kier molecular flexibility index (Phi) is 7.15. The van der Waals surface area contributed by atoms with Gasteiger partial charge < -0.3 is 18.9 Å². The molecule has 0 aliphatic carbocycles. The molecule has 0 amide bonds. The van der Waals surface area contributed by atoms with Crippen molar-refractivity contribution in [3.63, 3.8) is 0 Å². The van der Waals surface area contributed by atoms with Crippen LogP contribution in [0.15, 0.2) is 48.5 Å². The van der Waals surface area contributed by atoms with Crippen LogP contribution in [0.3, 0.4) is 0 Å². The number of esters is 4. The van der Waals surface area contributed by atoms with Gasteiger partial charge in [-0.1, -0.05) is 24.3 Å². The third kappa shape index (κ3) is 6.16. The van der Waals surface area contributed by atoms with Crippen LogP contribution in [0.4, 0.5) is 0 Å². The molecular weight excluding hydrogens is 392 g/mol. The molecule has 2 aromatic rings. The van der Waals surface area contributed by atoms with Crippen LogP contribution in [0.25, 0.3) is 0 Å². The van der Waals surface area contributed by atoms with Crippen LogP contribution >= 0.6 is 0 Å². The van der Waals surface area contributed by atoms with Crippen molar-refractivity contribution in [3.05, 3.63) is 48.5 Å².